The van der Waals surface area contributed by atoms with Crippen molar-refractivity contribution in [1.82, 2.24) is 9.88 Å². The molecule has 0 saturated heterocycles. The van der Waals surface area contributed by atoms with Gasteiger partial charge in [-0.2, -0.15) is 0 Å². The maximum Gasteiger partial charge on any atom is 0.273 e. The fourth-order valence-electron chi connectivity index (χ4n) is 3.65. The molecule has 0 aliphatic heterocycles. The summed E-state index contributed by atoms with van der Waals surface area (Å²) < 4.78 is 10.7. The minimum absolute atomic E-state index is 0.0361. The highest BCUT2D eigenvalue weighted by atomic mass is 16.5. The van der Waals surface area contributed by atoms with E-state index in [0.717, 1.165) is 48.1 Å². The number of rotatable bonds is 5. The van der Waals surface area contributed by atoms with Gasteiger partial charge in [-0.1, -0.05) is 18.9 Å². The van der Waals surface area contributed by atoms with E-state index in [-0.39, 0.29) is 11.9 Å². The first-order chi connectivity index (χ1) is 12.7. The van der Waals surface area contributed by atoms with Gasteiger partial charge in [0.25, 0.3) is 5.91 Å². The molecule has 3 aromatic rings. The van der Waals surface area contributed by atoms with Gasteiger partial charge in [0.05, 0.1) is 25.4 Å². The maximum atomic E-state index is 13.2. The lowest BCUT2D eigenvalue weighted by Gasteiger charge is -2.28. The lowest BCUT2D eigenvalue weighted by Crippen LogP contribution is -2.38. The molecule has 0 atom stereocenters. The molecule has 0 bridgehead atoms. The summed E-state index contributed by atoms with van der Waals surface area (Å²) in [6.45, 7) is 0.485. The van der Waals surface area contributed by atoms with E-state index in [1.807, 2.05) is 41.3 Å². The van der Waals surface area contributed by atoms with Crippen molar-refractivity contribution in [3.63, 3.8) is 0 Å². The van der Waals surface area contributed by atoms with Crippen LogP contribution in [0.1, 0.15) is 41.9 Å². The number of aromatic nitrogens is 1. The van der Waals surface area contributed by atoms with Crippen LogP contribution in [0.15, 0.2) is 53.1 Å². The highest BCUT2D eigenvalue weighted by molar-refractivity contribution is 5.95. The van der Waals surface area contributed by atoms with Crippen LogP contribution in [0.5, 0.6) is 5.75 Å². The third kappa shape index (κ3) is 3.29. The number of methoxy groups -OCH3 is 1. The number of pyridine rings is 1. The molecule has 0 unspecified atom stereocenters. The van der Waals surface area contributed by atoms with Crippen LogP contribution in [-0.2, 0) is 6.54 Å². The molecule has 2 heterocycles. The van der Waals surface area contributed by atoms with Crippen LogP contribution >= 0.6 is 0 Å². The number of carbonyl (C=O) groups excluding carboxylic acids is 1. The second-order valence-electron chi connectivity index (χ2n) is 6.71. The molecule has 5 nitrogen and oxygen atoms in total. The van der Waals surface area contributed by atoms with Crippen molar-refractivity contribution in [1.29, 1.82) is 0 Å². The van der Waals surface area contributed by atoms with Crippen LogP contribution in [0, 0.1) is 0 Å². The first kappa shape index (κ1) is 16.6. The molecule has 134 valence electrons. The molecule has 5 heteroatoms. The van der Waals surface area contributed by atoms with Crippen molar-refractivity contribution < 1.29 is 13.9 Å². The predicted octanol–water partition coefficient (Wildman–Crippen LogP) is 4.42. The van der Waals surface area contributed by atoms with E-state index >= 15 is 0 Å². The standard InChI is InChI=1S/C21H22N2O3/c1-25-17-9-11-19-15(13-17)8-10-20(22-19)21(24)23(16-5-2-3-6-16)14-18-7-4-12-26-18/h4,7-13,16H,2-3,5-6,14H2,1H3. The van der Waals surface area contributed by atoms with Gasteiger partial charge < -0.3 is 14.1 Å². The molecule has 1 amide bonds. The van der Waals surface area contributed by atoms with Crippen LogP contribution in [-0.4, -0.2) is 28.9 Å². The zero-order valence-corrected chi connectivity index (χ0v) is 14.9. The summed E-state index contributed by atoms with van der Waals surface area (Å²) in [6.07, 6.45) is 6.05. The van der Waals surface area contributed by atoms with Gasteiger partial charge in [-0.25, -0.2) is 4.98 Å². The number of furan rings is 1. The number of hydrogen-bond donors (Lipinski definition) is 0. The quantitative estimate of drug-likeness (QED) is 0.683. The van der Waals surface area contributed by atoms with Crippen LogP contribution < -0.4 is 4.74 Å². The molecule has 1 aliphatic rings. The Morgan fingerprint density at radius 3 is 2.81 bits per heavy atom. The molecule has 1 saturated carbocycles. The molecular weight excluding hydrogens is 328 g/mol. The van der Waals surface area contributed by atoms with Crippen molar-refractivity contribution in [2.45, 2.75) is 38.3 Å². The van der Waals surface area contributed by atoms with Gasteiger partial charge in [-0.3, -0.25) is 4.79 Å². The largest absolute Gasteiger partial charge is 0.497 e. The number of ether oxygens (including phenoxy) is 1. The zero-order valence-electron chi connectivity index (χ0n) is 14.9. The highest BCUT2D eigenvalue weighted by Crippen LogP contribution is 2.27. The molecular formula is C21H22N2O3. The van der Waals surface area contributed by atoms with Crippen molar-refractivity contribution in [3.8, 4) is 5.75 Å². The number of amides is 1. The number of nitrogens with zero attached hydrogens (tertiary/aromatic N) is 2. The van der Waals surface area contributed by atoms with Crippen molar-refractivity contribution in [2.24, 2.45) is 0 Å². The number of fused-ring (bicyclic) bond motifs is 1. The van der Waals surface area contributed by atoms with Crippen molar-refractivity contribution >= 4 is 16.8 Å². The Morgan fingerprint density at radius 1 is 1.23 bits per heavy atom. The first-order valence-corrected chi connectivity index (χ1v) is 9.03. The topological polar surface area (TPSA) is 55.6 Å². The summed E-state index contributed by atoms with van der Waals surface area (Å²) in [6, 6.07) is 13.4. The van der Waals surface area contributed by atoms with Crippen LogP contribution in [0.2, 0.25) is 0 Å². The number of carbonyl (C=O) groups is 1. The van der Waals surface area contributed by atoms with Gasteiger partial charge in [0.15, 0.2) is 0 Å². The summed E-state index contributed by atoms with van der Waals surface area (Å²) in [7, 11) is 1.64. The van der Waals surface area contributed by atoms with Gasteiger partial charge in [0.2, 0.25) is 0 Å². The highest BCUT2D eigenvalue weighted by Gasteiger charge is 2.29. The SMILES string of the molecule is COc1ccc2nc(C(=O)N(Cc3ccco3)C3CCCC3)ccc2c1. The van der Waals surface area contributed by atoms with Gasteiger partial charge in [-0.15, -0.1) is 0 Å². The molecule has 26 heavy (non-hydrogen) atoms. The van der Waals surface area contributed by atoms with Crippen LogP contribution in [0.3, 0.4) is 0 Å². The van der Waals surface area contributed by atoms with Crippen molar-refractivity contribution in [2.75, 3.05) is 7.11 Å². The molecule has 1 aromatic carbocycles. The smallest absolute Gasteiger partial charge is 0.273 e. The molecule has 4 rings (SSSR count). The normalized spacial score (nSPS) is 14.7. The predicted molar refractivity (Wildman–Crippen MR) is 99.1 cm³/mol. The summed E-state index contributed by atoms with van der Waals surface area (Å²) >= 11 is 0. The Morgan fingerprint density at radius 2 is 2.08 bits per heavy atom. The molecule has 1 fully saturated rings. The third-order valence-electron chi connectivity index (χ3n) is 5.05. The average Bonchev–Trinajstić information content (AvgIpc) is 3.38. The maximum absolute atomic E-state index is 13.2. The Hall–Kier alpha value is -2.82. The van der Waals surface area contributed by atoms with E-state index in [1.54, 1.807) is 19.4 Å². The average molecular weight is 350 g/mol. The van der Waals surface area contributed by atoms with E-state index in [4.69, 9.17) is 9.15 Å². The Labute approximate surface area is 152 Å². The van der Waals surface area contributed by atoms with Gasteiger partial charge in [-0.05, 0) is 49.2 Å². The second kappa shape index (κ2) is 7.20. The molecule has 0 N–H and O–H groups in total. The van der Waals surface area contributed by atoms with E-state index in [0.29, 0.717) is 12.2 Å². The van der Waals surface area contributed by atoms with Gasteiger partial charge in [0.1, 0.15) is 17.2 Å². The minimum atomic E-state index is -0.0361. The number of benzene rings is 1. The summed E-state index contributed by atoms with van der Waals surface area (Å²) in [5.41, 5.74) is 1.27. The Kier molecular flexibility index (Phi) is 4.61. The fourth-order valence-corrected chi connectivity index (χ4v) is 3.65. The zero-order chi connectivity index (χ0) is 17.9. The third-order valence-corrected chi connectivity index (χ3v) is 5.05. The van der Waals surface area contributed by atoms with Crippen LogP contribution in [0.25, 0.3) is 10.9 Å². The van der Waals surface area contributed by atoms with E-state index < -0.39 is 0 Å². The fraction of sp³-hybridized carbons (Fsp3) is 0.333. The molecule has 2 aromatic heterocycles. The summed E-state index contributed by atoms with van der Waals surface area (Å²) in [4.78, 5) is 19.7. The van der Waals surface area contributed by atoms with Gasteiger partial charge in [0, 0.05) is 11.4 Å². The summed E-state index contributed by atoms with van der Waals surface area (Å²) in [5.74, 6) is 1.55. The number of hydrogen-bond acceptors (Lipinski definition) is 4. The van der Waals surface area contributed by atoms with E-state index in [9.17, 15) is 4.79 Å². The Balaban J connectivity index is 1.64. The van der Waals surface area contributed by atoms with Crippen LogP contribution in [0.4, 0.5) is 0 Å². The second-order valence-corrected chi connectivity index (χ2v) is 6.71. The monoisotopic (exact) mass is 350 g/mol. The molecule has 1 aliphatic carbocycles. The molecule has 0 radical (unpaired) electrons. The van der Waals surface area contributed by atoms with Gasteiger partial charge >= 0.3 is 0 Å². The van der Waals surface area contributed by atoms with Crippen molar-refractivity contribution in [3.05, 3.63) is 60.2 Å². The lowest BCUT2D eigenvalue weighted by molar-refractivity contribution is 0.0643. The molecule has 0 spiro atoms. The minimum Gasteiger partial charge on any atom is -0.497 e. The van der Waals surface area contributed by atoms with E-state index in [1.165, 1.54) is 0 Å². The lowest BCUT2D eigenvalue weighted by atomic mass is 10.1. The Bertz CT molecular complexity index is 899. The summed E-state index contributed by atoms with van der Waals surface area (Å²) in [5, 5.41) is 0.958. The first-order valence-electron chi connectivity index (χ1n) is 9.03. The van der Waals surface area contributed by atoms with E-state index in [2.05, 4.69) is 4.98 Å².